The van der Waals surface area contributed by atoms with E-state index in [4.69, 9.17) is 6.57 Å². The Morgan fingerprint density at radius 1 is 0.439 bits per heavy atom. The van der Waals surface area contributed by atoms with E-state index in [1.54, 1.807) is 0 Å². The fraction of sp³-hybridized carbons (Fsp3) is 0.0192. The van der Waals surface area contributed by atoms with E-state index < -0.39 is 0 Å². The van der Waals surface area contributed by atoms with Gasteiger partial charge in [-0.2, -0.15) is 10.5 Å². The first-order valence-corrected chi connectivity index (χ1v) is 18.7. The Labute approximate surface area is 329 Å². The van der Waals surface area contributed by atoms with Crippen LogP contribution in [0.15, 0.2) is 170 Å². The van der Waals surface area contributed by atoms with Gasteiger partial charge < -0.3 is 9.13 Å². The third kappa shape index (κ3) is 5.45. The molecular formula is C52H31N5. The van der Waals surface area contributed by atoms with Crippen LogP contribution in [0.3, 0.4) is 0 Å². The highest BCUT2D eigenvalue weighted by Gasteiger charge is 2.22. The lowest BCUT2D eigenvalue weighted by molar-refractivity contribution is 1.09. The maximum absolute atomic E-state index is 9.88. The highest BCUT2D eigenvalue weighted by molar-refractivity contribution is 6.12. The molecule has 0 radical (unpaired) electrons. The highest BCUT2D eigenvalue weighted by Crippen LogP contribution is 2.42. The molecule has 0 atom stereocenters. The fourth-order valence-corrected chi connectivity index (χ4v) is 8.39. The zero-order valence-corrected chi connectivity index (χ0v) is 30.9. The van der Waals surface area contributed by atoms with Crippen molar-refractivity contribution in [3.63, 3.8) is 0 Å². The molecule has 0 saturated heterocycles. The summed E-state index contributed by atoms with van der Waals surface area (Å²) in [6, 6.07) is 62.9. The second kappa shape index (κ2) is 13.3. The van der Waals surface area contributed by atoms with Crippen molar-refractivity contribution in [2.24, 2.45) is 0 Å². The van der Waals surface area contributed by atoms with E-state index in [0.717, 1.165) is 93.9 Å². The van der Waals surface area contributed by atoms with E-state index in [1.807, 2.05) is 66.7 Å². The van der Waals surface area contributed by atoms with E-state index in [1.165, 1.54) is 0 Å². The second-order valence-corrected chi connectivity index (χ2v) is 14.4. The summed E-state index contributed by atoms with van der Waals surface area (Å²) < 4.78 is 4.78. The van der Waals surface area contributed by atoms with Crippen LogP contribution in [0, 0.1) is 36.2 Å². The van der Waals surface area contributed by atoms with Gasteiger partial charge in [-0.15, -0.1) is 0 Å². The largest absolute Gasteiger partial charge is 0.307 e. The zero-order valence-electron chi connectivity index (χ0n) is 30.9. The normalized spacial score (nSPS) is 11.2. The molecule has 2 heterocycles. The molecule has 0 aliphatic heterocycles. The molecule has 0 bridgehead atoms. The van der Waals surface area contributed by atoms with Gasteiger partial charge in [0.15, 0.2) is 5.69 Å². The monoisotopic (exact) mass is 725 g/mol. The van der Waals surface area contributed by atoms with Crippen molar-refractivity contribution in [2.45, 2.75) is 6.92 Å². The van der Waals surface area contributed by atoms with Crippen LogP contribution in [0.25, 0.3) is 93.2 Å². The molecule has 0 N–H and O–H groups in total. The van der Waals surface area contributed by atoms with Crippen LogP contribution in [0.1, 0.15) is 16.7 Å². The van der Waals surface area contributed by atoms with Gasteiger partial charge in [0.05, 0.1) is 63.3 Å². The molecule has 0 fully saturated rings. The smallest absolute Gasteiger partial charge is 0.187 e. The first-order chi connectivity index (χ1) is 28.0. The summed E-state index contributed by atoms with van der Waals surface area (Å²) in [7, 11) is 0. The molecule has 57 heavy (non-hydrogen) atoms. The van der Waals surface area contributed by atoms with Crippen molar-refractivity contribution >= 4 is 49.3 Å². The lowest BCUT2D eigenvalue weighted by Gasteiger charge is -2.20. The van der Waals surface area contributed by atoms with Gasteiger partial charge in [0.25, 0.3) is 0 Å². The second-order valence-electron chi connectivity index (χ2n) is 14.4. The van der Waals surface area contributed by atoms with Gasteiger partial charge in [-0.1, -0.05) is 109 Å². The van der Waals surface area contributed by atoms with Crippen molar-refractivity contribution in [3.05, 3.63) is 198 Å². The van der Waals surface area contributed by atoms with E-state index in [2.05, 4.69) is 136 Å². The maximum Gasteiger partial charge on any atom is 0.187 e. The number of aromatic nitrogens is 2. The SMILES string of the molecule is [C-]#[N+]c1ccc(-c2ccc3c4ccccc4n(-c4cc(C)c(-c5cccc(C#N)c5)cc4-n4c5ccccc5c5ccc(-c6ccc(C#N)cc6)cc54)c3c2)cc1. The number of nitriles is 2. The van der Waals surface area contributed by atoms with Gasteiger partial charge in [-0.05, 0) is 107 Å². The summed E-state index contributed by atoms with van der Waals surface area (Å²) in [5, 5.41) is 23.9. The maximum atomic E-state index is 9.88. The third-order valence-corrected chi connectivity index (χ3v) is 11.1. The number of aryl methyl sites for hydroxylation is 1. The number of hydrogen-bond acceptors (Lipinski definition) is 2. The number of nitrogens with zero attached hydrogens (tertiary/aromatic N) is 5. The van der Waals surface area contributed by atoms with Gasteiger partial charge in [0, 0.05) is 21.5 Å². The van der Waals surface area contributed by atoms with Crippen molar-refractivity contribution in [1.29, 1.82) is 10.5 Å². The van der Waals surface area contributed by atoms with E-state index in [-0.39, 0.29) is 0 Å². The van der Waals surface area contributed by atoms with Gasteiger partial charge in [0.2, 0.25) is 0 Å². The molecule has 0 spiro atoms. The summed E-state index contributed by atoms with van der Waals surface area (Å²) in [5.74, 6) is 0. The average Bonchev–Trinajstić information content (AvgIpc) is 3.78. The molecule has 10 rings (SSSR count). The Morgan fingerprint density at radius 3 is 1.51 bits per heavy atom. The van der Waals surface area contributed by atoms with Crippen molar-refractivity contribution < 1.29 is 0 Å². The molecule has 264 valence electrons. The van der Waals surface area contributed by atoms with Crippen LogP contribution >= 0.6 is 0 Å². The molecule has 10 aromatic rings. The number of rotatable bonds is 5. The number of hydrogen-bond donors (Lipinski definition) is 0. The number of benzene rings is 8. The van der Waals surface area contributed by atoms with Crippen LogP contribution in [0.5, 0.6) is 0 Å². The van der Waals surface area contributed by atoms with Crippen LogP contribution in [-0.2, 0) is 0 Å². The fourth-order valence-electron chi connectivity index (χ4n) is 8.39. The quantitative estimate of drug-likeness (QED) is 0.166. The Hall–Kier alpha value is -8.17. The zero-order chi connectivity index (χ0) is 38.6. The Balaban J connectivity index is 1.32. The van der Waals surface area contributed by atoms with Crippen LogP contribution in [0.2, 0.25) is 0 Å². The minimum absolute atomic E-state index is 0.612. The van der Waals surface area contributed by atoms with Crippen LogP contribution in [0.4, 0.5) is 5.69 Å². The summed E-state index contributed by atoms with van der Waals surface area (Å²) >= 11 is 0. The van der Waals surface area contributed by atoms with Gasteiger partial charge in [0.1, 0.15) is 0 Å². The van der Waals surface area contributed by atoms with Gasteiger partial charge in [-0.25, -0.2) is 4.85 Å². The Bertz CT molecular complexity index is 3380. The lowest BCUT2D eigenvalue weighted by Crippen LogP contribution is -2.05. The molecule has 5 nitrogen and oxygen atoms in total. The van der Waals surface area contributed by atoms with Crippen molar-refractivity contribution in [1.82, 2.24) is 9.13 Å². The minimum atomic E-state index is 0.612. The number of fused-ring (bicyclic) bond motifs is 6. The van der Waals surface area contributed by atoms with E-state index >= 15 is 0 Å². The predicted molar refractivity (Wildman–Crippen MR) is 232 cm³/mol. The Morgan fingerprint density at radius 2 is 0.947 bits per heavy atom. The average molecular weight is 726 g/mol. The molecule has 2 aromatic heterocycles. The molecule has 0 amide bonds. The summed E-state index contributed by atoms with van der Waals surface area (Å²) in [5.41, 5.74) is 15.5. The Kier molecular flexibility index (Phi) is 7.79. The first kappa shape index (κ1) is 33.4. The molecule has 0 aliphatic carbocycles. The molecular weight excluding hydrogens is 695 g/mol. The molecule has 0 aliphatic rings. The van der Waals surface area contributed by atoms with Crippen LogP contribution < -0.4 is 0 Å². The first-order valence-electron chi connectivity index (χ1n) is 18.7. The summed E-state index contributed by atoms with van der Waals surface area (Å²) in [6.45, 7) is 9.61. The van der Waals surface area contributed by atoms with E-state index in [0.29, 0.717) is 16.8 Å². The van der Waals surface area contributed by atoms with E-state index in [9.17, 15) is 10.5 Å². The van der Waals surface area contributed by atoms with Crippen LogP contribution in [-0.4, -0.2) is 9.13 Å². The minimum Gasteiger partial charge on any atom is -0.307 e. The molecule has 8 aromatic carbocycles. The summed E-state index contributed by atoms with van der Waals surface area (Å²) in [6.07, 6.45) is 0. The summed E-state index contributed by atoms with van der Waals surface area (Å²) in [4.78, 5) is 3.61. The number of para-hydroxylation sites is 2. The lowest BCUT2D eigenvalue weighted by atomic mass is 9.97. The predicted octanol–water partition coefficient (Wildman–Crippen LogP) is 13.5. The topological polar surface area (TPSA) is 61.8 Å². The molecule has 0 unspecified atom stereocenters. The van der Waals surface area contributed by atoms with Crippen molar-refractivity contribution in [3.8, 4) is 56.9 Å². The van der Waals surface area contributed by atoms with Crippen molar-refractivity contribution in [2.75, 3.05) is 0 Å². The molecule has 0 saturated carbocycles. The highest BCUT2D eigenvalue weighted by atomic mass is 15.1. The molecule has 5 heteroatoms. The third-order valence-electron chi connectivity index (χ3n) is 11.1. The van der Waals surface area contributed by atoms with Gasteiger partial charge in [-0.3, -0.25) is 0 Å². The standard InChI is InChI=1S/C52H31N5/c1-33-26-51(56-47-12-5-3-10-42(47)44-25-21-39(29-49(44)56)37-18-22-41(55-2)23-19-37)52(30-46(33)40-9-7-8-35(27-40)32-54)57-48-13-6-4-11-43(48)45-24-20-38(28-50(45)57)36-16-14-34(31-53)15-17-36/h3-30H,1H3. The van der Waals surface area contributed by atoms with Gasteiger partial charge >= 0.3 is 0 Å².